The lowest BCUT2D eigenvalue weighted by Gasteiger charge is -2.19. The molecule has 1 heterocycles. The van der Waals surface area contributed by atoms with E-state index >= 15 is 0 Å². The molecule has 120 valence electrons. The largest absolute Gasteiger partial charge is 0.322 e. The molecule has 1 fully saturated rings. The third-order valence-electron chi connectivity index (χ3n) is 4.11. The number of nitrogens with zero attached hydrogens (tertiary/aromatic N) is 2. The molecule has 0 aromatic heterocycles. The van der Waals surface area contributed by atoms with E-state index in [2.05, 4.69) is 5.32 Å². The summed E-state index contributed by atoms with van der Waals surface area (Å²) in [5.74, 6) is -0.129. The topological polar surface area (TPSA) is 73.2 Å². The molecule has 0 saturated carbocycles. The number of hydrogen-bond donors (Lipinski definition) is 1. The van der Waals surface area contributed by atoms with Crippen molar-refractivity contribution in [1.29, 1.82) is 5.26 Å². The molecule has 2 aromatic carbocycles. The van der Waals surface area contributed by atoms with Crippen LogP contribution < -0.4 is 10.2 Å². The summed E-state index contributed by atoms with van der Waals surface area (Å²) in [6.45, 7) is 2.67. The van der Waals surface area contributed by atoms with E-state index in [1.807, 2.05) is 31.2 Å². The van der Waals surface area contributed by atoms with E-state index in [9.17, 15) is 9.59 Å². The minimum Gasteiger partial charge on any atom is -0.322 e. The summed E-state index contributed by atoms with van der Waals surface area (Å²) in [4.78, 5) is 26.0. The van der Waals surface area contributed by atoms with Gasteiger partial charge >= 0.3 is 0 Å². The molecule has 1 aliphatic heterocycles. The summed E-state index contributed by atoms with van der Waals surface area (Å²) in [5.41, 5.74) is 3.48. The van der Waals surface area contributed by atoms with Gasteiger partial charge in [0.1, 0.15) is 0 Å². The SMILES string of the molecule is Cc1ccc(NC(=O)c2ccc(C#N)cc2)cc1N1CCCC1=O. The van der Waals surface area contributed by atoms with Crippen LogP contribution in [0.2, 0.25) is 0 Å². The predicted molar refractivity (Wildman–Crippen MR) is 91.9 cm³/mol. The fourth-order valence-electron chi connectivity index (χ4n) is 2.78. The third-order valence-corrected chi connectivity index (χ3v) is 4.11. The van der Waals surface area contributed by atoms with Crippen molar-refractivity contribution in [3.63, 3.8) is 0 Å². The zero-order chi connectivity index (χ0) is 17.1. The molecule has 24 heavy (non-hydrogen) atoms. The van der Waals surface area contributed by atoms with Gasteiger partial charge in [-0.15, -0.1) is 0 Å². The highest BCUT2D eigenvalue weighted by atomic mass is 16.2. The van der Waals surface area contributed by atoms with Crippen LogP contribution in [0.3, 0.4) is 0 Å². The fraction of sp³-hybridized carbons (Fsp3) is 0.211. The zero-order valence-electron chi connectivity index (χ0n) is 13.4. The maximum Gasteiger partial charge on any atom is 0.255 e. The number of rotatable bonds is 3. The predicted octanol–water partition coefficient (Wildman–Crippen LogP) is 3.25. The number of nitriles is 1. The van der Waals surface area contributed by atoms with Crippen molar-refractivity contribution in [2.45, 2.75) is 19.8 Å². The molecule has 0 unspecified atom stereocenters. The molecular formula is C19H17N3O2. The van der Waals surface area contributed by atoms with Crippen LogP contribution in [-0.2, 0) is 4.79 Å². The summed E-state index contributed by atoms with van der Waals surface area (Å²) in [6.07, 6.45) is 1.43. The van der Waals surface area contributed by atoms with Crippen LogP contribution in [0.15, 0.2) is 42.5 Å². The Bertz CT molecular complexity index is 835. The van der Waals surface area contributed by atoms with Crippen molar-refractivity contribution in [2.24, 2.45) is 0 Å². The molecule has 0 bridgehead atoms. The van der Waals surface area contributed by atoms with Crippen molar-refractivity contribution in [3.8, 4) is 6.07 Å². The van der Waals surface area contributed by atoms with Crippen LogP contribution >= 0.6 is 0 Å². The van der Waals surface area contributed by atoms with Gasteiger partial charge in [-0.3, -0.25) is 9.59 Å². The van der Waals surface area contributed by atoms with E-state index in [0.29, 0.717) is 29.8 Å². The lowest BCUT2D eigenvalue weighted by Crippen LogP contribution is -2.24. The number of carbonyl (C=O) groups is 2. The molecule has 0 aliphatic carbocycles. The molecule has 0 spiro atoms. The highest BCUT2D eigenvalue weighted by Gasteiger charge is 2.23. The van der Waals surface area contributed by atoms with Gasteiger partial charge in [-0.25, -0.2) is 0 Å². The Morgan fingerprint density at radius 3 is 2.58 bits per heavy atom. The summed E-state index contributed by atoms with van der Waals surface area (Å²) >= 11 is 0. The Morgan fingerprint density at radius 1 is 1.21 bits per heavy atom. The molecule has 5 heteroatoms. The summed E-state index contributed by atoms with van der Waals surface area (Å²) in [5, 5.41) is 11.6. The van der Waals surface area contributed by atoms with Crippen LogP contribution in [0.5, 0.6) is 0 Å². The van der Waals surface area contributed by atoms with Gasteiger partial charge < -0.3 is 10.2 Å². The van der Waals surface area contributed by atoms with E-state index in [0.717, 1.165) is 17.7 Å². The Labute approximate surface area is 140 Å². The van der Waals surface area contributed by atoms with Gasteiger partial charge in [0.05, 0.1) is 11.6 Å². The first-order valence-corrected chi connectivity index (χ1v) is 7.81. The number of aryl methyl sites for hydroxylation is 1. The van der Waals surface area contributed by atoms with Crippen molar-refractivity contribution >= 4 is 23.2 Å². The first kappa shape index (κ1) is 15.8. The van der Waals surface area contributed by atoms with Gasteiger partial charge in [-0.05, 0) is 55.3 Å². The summed E-state index contributed by atoms with van der Waals surface area (Å²) in [7, 11) is 0. The van der Waals surface area contributed by atoms with Crippen molar-refractivity contribution in [3.05, 3.63) is 59.2 Å². The monoisotopic (exact) mass is 319 g/mol. The average Bonchev–Trinajstić information content (AvgIpc) is 3.02. The fourth-order valence-corrected chi connectivity index (χ4v) is 2.78. The standard InChI is InChI=1S/C19H17N3O2/c1-13-4-9-16(11-17(13)22-10-2-3-18(22)23)21-19(24)15-7-5-14(12-20)6-8-15/h4-9,11H,2-3,10H2,1H3,(H,21,24). The normalized spacial score (nSPS) is 13.7. The van der Waals surface area contributed by atoms with Crippen LogP contribution in [-0.4, -0.2) is 18.4 Å². The molecule has 0 radical (unpaired) electrons. The molecule has 1 aliphatic rings. The minimum atomic E-state index is -0.248. The first-order valence-electron chi connectivity index (χ1n) is 7.81. The minimum absolute atomic E-state index is 0.119. The van der Waals surface area contributed by atoms with E-state index in [1.165, 1.54) is 0 Å². The molecular weight excluding hydrogens is 302 g/mol. The van der Waals surface area contributed by atoms with Crippen LogP contribution in [0.1, 0.15) is 34.3 Å². The molecule has 2 amide bonds. The summed E-state index contributed by atoms with van der Waals surface area (Å²) < 4.78 is 0. The maximum absolute atomic E-state index is 12.3. The number of amides is 2. The summed E-state index contributed by atoms with van der Waals surface area (Å²) in [6, 6.07) is 14.0. The van der Waals surface area contributed by atoms with Gasteiger partial charge in [-0.1, -0.05) is 6.07 Å². The van der Waals surface area contributed by atoms with Crippen LogP contribution in [0.25, 0.3) is 0 Å². The Hall–Kier alpha value is -3.13. The number of anilines is 2. The molecule has 3 rings (SSSR count). The van der Waals surface area contributed by atoms with Gasteiger partial charge in [0.2, 0.25) is 5.91 Å². The molecule has 0 atom stereocenters. The average molecular weight is 319 g/mol. The van der Waals surface area contributed by atoms with Gasteiger partial charge in [0, 0.05) is 29.9 Å². The second kappa shape index (κ2) is 6.55. The second-order valence-electron chi connectivity index (χ2n) is 5.79. The maximum atomic E-state index is 12.3. The van der Waals surface area contributed by atoms with E-state index in [1.54, 1.807) is 29.2 Å². The zero-order valence-corrected chi connectivity index (χ0v) is 13.4. The number of nitrogens with one attached hydrogen (secondary N) is 1. The quantitative estimate of drug-likeness (QED) is 0.944. The van der Waals surface area contributed by atoms with E-state index < -0.39 is 0 Å². The molecule has 2 aromatic rings. The Kier molecular flexibility index (Phi) is 4.30. The molecule has 1 N–H and O–H groups in total. The third kappa shape index (κ3) is 3.13. The smallest absolute Gasteiger partial charge is 0.255 e. The number of benzene rings is 2. The van der Waals surface area contributed by atoms with Crippen molar-refractivity contribution in [1.82, 2.24) is 0 Å². The van der Waals surface area contributed by atoms with Gasteiger partial charge in [0.25, 0.3) is 5.91 Å². The highest BCUT2D eigenvalue weighted by Crippen LogP contribution is 2.28. The van der Waals surface area contributed by atoms with Gasteiger partial charge in [-0.2, -0.15) is 5.26 Å². The Balaban J connectivity index is 1.81. The highest BCUT2D eigenvalue weighted by molar-refractivity contribution is 6.05. The van der Waals surface area contributed by atoms with Gasteiger partial charge in [0.15, 0.2) is 0 Å². The lowest BCUT2D eigenvalue weighted by molar-refractivity contribution is -0.117. The van der Waals surface area contributed by atoms with Crippen LogP contribution in [0, 0.1) is 18.3 Å². The van der Waals surface area contributed by atoms with E-state index in [4.69, 9.17) is 5.26 Å². The lowest BCUT2D eigenvalue weighted by atomic mass is 10.1. The van der Waals surface area contributed by atoms with Crippen molar-refractivity contribution < 1.29 is 9.59 Å². The molecule has 5 nitrogen and oxygen atoms in total. The number of hydrogen-bond acceptors (Lipinski definition) is 3. The van der Waals surface area contributed by atoms with Crippen molar-refractivity contribution in [2.75, 3.05) is 16.8 Å². The Morgan fingerprint density at radius 2 is 1.96 bits per heavy atom. The second-order valence-corrected chi connectivity index (χ2v) is 5.79. The molecule has 1 saturated heterocycles. The van der Waals surface area contributed by atoms with E-state index in [-0.39, 0.29) is 11.8 Å². The first-order chi connectivity index (χ1) is 11.6. The number of carbonyl (C=O) groups excluding carboxylic acids is 2. The van der Waals surface area contributed by atoms with Crippen LogP contribution in [0.4, 0.5) is 11.4 Å².